The van der Waals surface area contributed by atoms with Crippen molar-refractivity contribution in [3.63, 3.8) is 0 Å². The molecular formula is C15H15ClN2. The van der Waals surface area contributed by atoms with Gasteiger partial charge in [0.15, 0.2) is 0 Å². The van der Waals surface area contributed by atoms with Crippen LogP contribution in [0.2, 0.25) is 5.15 Å². The number of halogens is 1. The van der Waals surface area contributed by atoms with Crippen LogP contribution in [0.4, 0.5) is 5.82 Å². The first-order valence-corrected chi connectivity index (χ1v) is 6.64. The van der Waals surface area contributed by atoms with E-state index in [0.717, 1.165) is 18.3 Å². The van der Waals surface area contributed by atoms with E-state index in [4.69, 9.17) is 11.6 Å². The second kappa shape index (κ2) is 4.99. The molecule has 0 spiro atoms. The molecule has 1 fully saturated rings. The Balaban J connectivity index is 1.62. The smallest absolute Gasteiger partial charge is 0.131 e. The van der Waals surface area contributed by atoms with Crippen LogP contribution in [0, 0.1) is 0 Å². The van der Waals surface area contributed by atoms with E-state index in [1.165, 1.54) is 24.0 Å². The van der Waals surface area contributed by atoms with Crippen molar-refractivity contribution in [2.75, 3.05) is 5.32 Å². The van der Waals surface area contributed by atoms with Gasteiger partial charge in [0.2, 0.25) is 0 Å². The molecule has 1 aromatic heterocycles. The summed E-state index contributed by atoms with van der Waals surface area (Å²) in [6.07, 6.45) is 2.70. The number of nitrogens with zero attached hydrogens (tertiary/aromatic N) is 1. The number of benzene rings is 1. The largest absolute Gasteiger partial charge is 0.366 e. The molecule has 1 aromatic carbocycles. The fraction of sp³-hybridized carbons (Fsp3) is 0.267. The van der Waals surface area contributed by atoms with Crippen LogP contribution in [0.25, 0.3) is 0 Å². The molecule has 1 saturated carbocycles. The van der Waals surface area contributed by atoms with Gasteiger partial charge >= 0.3 is 0 Å². The summed E-state index contributed by atoms with van der Waals surface area (Å²) in [7, 11) is 0. The number of aromatic nitrogens is 1. The summed E-state index contributed by atoms with van der Waals surface area (Å²) >= 11 is 5.84. The van der Waals surface area contributed by atoms with Crippen LogP contribution in [-0.2, 0) is 6.54 Å². The number of rotatable bonds is 4. The summed E-state index contributed by atoms with van der Waals surface area (Å²) in [6.45, 7) is 0.776. The Labute approximate surface area is 112 Å². The summed E-state index contributed by atoms with van der Waals surface area (Å²) in [4.78, 5) is 4.20. The number of anilines is 1. The van der Waals surface area contributed by atoms with Gasteiger partial charge in [0.1, 0.15) is 11.0 Å². The Morgan fingerprint density at radius 1 is 1.11 bits per heavy atom. The molecule has 2 aromatic rings. The number of hydrogen-bond donors (Lipinski definition) is 1. The average Bonchev–Trinajstić information content (AvgIpc) is 3.21. The average molecular weight is 259 g/mol. The standard InChI is InChI=1S/C15H15ClN2/c16-14-2-1-3-15(18-14)17-10-11-4-6-12(7-5-11)13-8-9-13/h1-7,13H,8-10H2,(H,17,18). The van der Waals surface area contributed by atoms with Crippen molar-refractivity contribution in [3.8, 4) is 0 Å². The van der Waals surface area contributed by atoms with E-state index in [1.54, 1.807) is 6.07 Å². The van der Waals surface area contributed by atoms with Crippen LogP contribution < -0.4 is 5.32 Å². The highest BCUT2D eigenvalue weighted by Crippen LogP contribution is 2.39. The topological polar surface area (TPSA) is 24.9 Å². The highest BCUT2D eigenvalue weighted by Gasteiger charge is 2.22. The highest BCUT2D eigenvalue weighted by molar-refractivity contribution is 6.29. The Kier molecular flexibility index (Phi) is 3.20. The lowest BCUT2D eigenvalue weighted by Crippen LogP contribution is -2.01. The van der Waals surface area contributed by atoms with Crippen molar-refractivity contribution in [1.82, 2.24) is 4.98 Å². The van der Waals surface area contributed by atoms with Gasteiger partial charge in [-0.3, -0.25) is 0 Å². The van der Waals surface area contributed by atoms with Crippen molar-refractivity contribution >= 4 is 17.4 Å². The van der Waals surface area contributed by atoms with E-state index in [0.29, 0.717) is 5.15 Å². The lowest BCUT2D eigenvalue weighted by Gasteiger charge is -2.06. The third-order valence-corrected chi connectivity index (χ3v) is 3.43. The maximum Gasteiger partial charge on any atom is 0.131 e. The van der Waals surface area contributed by atoms with Crippen LogP contribution in [0.3, 0.4) is 0 Å². The van der Waals surface area contributed by atoms with Crippen molar-refractivity contribution in [2.45, 2.75) is 25.3 Å². The molecule has 92 valence electrons. The summed E-state index contributed by atoms with van der Waals surface area (Å²) in [5.41, 5.74) is 2.74. The zero-order valence-corrected chi connectivity index (χ0v) is 10.8. The van der Waals surface area contributed by atoms with Crippen LogP contribution in [0.5, 0.6) is 0 Å². The predicted molar refractivity (Wildman–Crippen MR) is 75.0 cm³/mol. The van der Waals surface area contributed by atoms with Crippen LogP contribution in [0.15, 0.2) is 42.5 Å². The predicted octanol–water partition coefficient (Wildman–Crippen LogP) is 4.22. The van der Waals surface area contributed by atoms with Crippen LogP contribution in [0.1, 0.15) is 29.9 Å². The summed E-state index contributed by atoms with van der Waals surface area (Å²) in [6, 6.07) is 14.4. The molecule has 0 aliphatic heterocycles. The van der Waals surface area contributed by atoms with Crippen molar-refractivity contribution in [1.29, 1.82) is 0 Å². The van der Waals surface area contributed by atoms with Gasteiger partial charge in [0.05, 0.1) is 0 Å². The molecule has 1 N–H and O–H groups in total. The highest BCUT2D eigenvalue weighted by atomic mass is 35.5. The second-order valence-corrected chi connectivity index (χ2v) is 5.10. The zero-order chi connectivity index (χ0) is 12.4. The van der Waals surface area contributed by atoms with Gasteiger partial charge < -0.3 is 5.32 Å². The molecule has 0 unspecified atom stereocenters. The first kappa shape index (κ1) is 11.5. The minimum Gasteiger partial charge on any atom is -0.366 e. The molecule has 18 heavy (non-hydrogen) atoms. The lowest BCUT2D eigenvalue weighted by molar-refractivity contribution is 1.08. The van der Waals surface area contributed by atoms with E-state index in [2.05, 4.69) is 34.6 Å². The number of pyridine rings is 1. The normalized spacial score (nSPS) is 14.5. The summed E-state index contributed by atoms with van der Waals surface area (Å²) in [5.74, 6) is 1.63. The molecule has 0 saturated heterocycles. The van der Waals surface area contributed by atoms with E-state index >= 15 is 0 Å². The maximum atomic E-state index is 5.84. The molecule has 3 heteroatoms. The van der Waals surface area contributed by atoms with Gasteiger partial charge in [-0.15, -0.1) is 0 Å². The van der Waals surface area contributed by atoms with Crippen molar-refractivity contribution in [3.05, 3.63) is 58.7 Å². The Morgan fingerprint density at radius 3 is 2.56 bits per heavy atom. The fourth-order valence-electron chi connectivity index (χ4n) is 2.02. The van der Waals surface area contributed by atoms with Crippen LogP contribution >= 0.6 is 11.6 Å². The van der Waals surface area contributed by atoms with Crippen LogP contribution in [-0.4, -0.2) is 4.98 Å². The monoisotopic (exact) mass is 258 g/mol. The first-order chi connectivity index (χ1) is 8.81. The minimum absolute atomic E-state index is 0.518. The first-order valence-electron chi connectivity index (χ1n) is 6.26. The van der Waals surface area contributed by atoms with Gasteiger partial charge in [-0.1, -0.05) is 41.9 Å². The molecular weight excluding hydrogens is 244 g/mol. The van der Waals surface area contributed by atoms with E-state index in [9.17, 15) is 0 Å². The fourth-order valence-corrected chi connectivity index (χ4v) is 2.19. The molecule has 0 atom stereocenters. The second-order valence-electron chi connectivity index (χ2n) is 4.71. The van der Waals surface area contributed by atoms with E-state index in [-0.39, 0.29) is 0 Å². The van der Waals surface area contributed by atoms with E-state index in [1.807, 2.05) is 12.1 Å². The Hall–Kier alpha value is -1.54. The maximum absolute atomic E-state index is 5.84. The number of nitrogens with one attached hydrogen (secondary N) is 1. The zero-order valence-electron chi connectivity index (χ0n) is 10.1. The SMILES string of the molecule is Clc1cccc(NCc2ccc(C3CC3)cc2)n1. The summed E-state index contributed by atoms with van der Waals surface area (Å²) < 4.78 is 0. The van der Waals surface area contributed by atoms with Gasteiger partial charge in [-0.25, -0.2) is 4.98 Å². The molecule has 0 radical (unpaired) electrons. The Morgan fingerprint density at radius 2 is 1.89 bits per heavy atom. The molecule has 1 aliphatic carbocycles. The van der Waals surface area contributed by atoms with Gasteiger partial charge in [-0.05, 0) is 42.0 Å². The van der Waals surface area contributed by atoms with E-state index < -0.39 is 0 Å². The molecule has 1 aliphatic rings. The van der Waals surface area contributed by atoms with Crippen molar-refractivity contribution < 1.29 is 0 Å². The molecule has 2 nitrogen and oxygen atoms in total. The van der Waals surface area contributed by atoms with Gasteiger partial charge in [-0.2, -0.15) is 0 Å². The van der Waals surface area contributed by atoms with Crippen molar-refractivity contribution in [2.24, 2.45) is 0 Å². The third-order valence-electron chi connectivity index (χ3n) is 3.22. The quantitative estimate of drug-likeness (QED) is 0.831. The molecule has 0 bridgehead atoms. The molecule has 1 heterocycles. The number of hydrogen-bond acceptors (Lipinski definition) is 2. The van der Waals surface area contributed by atoms with Gasteiger partial charge in [0, 0.05) is 6.54 Å². The third kappa shape index (κ3) is 2.82. The minimum atomic E-state index is 0.518. The Bertz CT molecular complexity index is 532. The lowest BCUT2D eigenvalue weighted by atomic mass is 10.1. The molecule has 3 rings (SSSR count). The van der Waals surface area contributed by atoms with Gasteiger partial charge in [0.25, 0.3) is 0 Å². The molecule has 0 amide bonds. The summed E-state index contributed by atoms with van der Waals surface area (Å²) in [5, 5.41) is 3.79.